The topological polar surface area (TPSA) is 6.48 Å². The smallest absolute Gasteiger partial charge is 0.122 e. The van der Waals surface area contributed by atoms with Gasteiger partial charge in [0.1, 0.15) is 5.50 Å². The van der Waals surface area contributed by atoms with Crippen LogP contribution in [0, 0.1) is 32.3 Å². The zero-order valence-electron chi connectivity index (χ0n) is 16.0. The third-order valence-electron chi connectivity index (χ3n) is 4.53. The van der Waals surface area contributed by atoms with Crippen LogP contribution in [0.15, 0.2) is 43.0 Å². The lowest BCUT2D eigenvalue weighted by molar-refractivity contribution is 0.918. The molecule has 3 heteroatoms. The van der Waals surface area contributed by atoms with Crippen LogP contribution in [0.3, 0.4) is 0 Å². The molecule has 0 aliphatic heterocycles. The number of anilines is 2. The van der Waals surface area contributed by atoms with E-state index in [9.17, 15) is 0 Å². The van der Waals surface area contributed by atoms with Gasteiger partial charge in [0.15, 0.2) is 0 Å². The van der Waals surface area contributed by atoms with Crippen LogP contribution in [0.2, 0.25) is 0 Å². The molecule has 2 aromatic rings. The van der Waals surface area contributed by atoms with Gasteiger partial charge >= 0.3 is 0 Å². The zero-order valence-corrected chi connectivity index (χ0v) is 16.8. The predicted octanol–water partition coefficient (Wildman–Crippen LogP) is 5.42. The predicted molar refractivity (Wildman–Crippen MR) is 115 cm³/mol. The zero-order chi connectivity index (χ0) is 19.3. The van der Waals surface area contributed by atoms with Gasteiger partial charge in [0.2, 0.25) is 0 Å². The average Bonchev–Trinajstić information content (AvgIpc) is 2.64. The summed E-state index contributed by atoms with van der Waals surface area (Å²) in [6.45, 7) is 11.5. The van der Waals surface area contributed by atoms with Crippen LogP contribution >= 0.6 is 11.6 Å². The van der Waals surface area contributed by atoms with Crippen molar-refractivity contribution in [1.82, 2.24) is 0 Å². The van der Waals surface area contributed by atoms with Crippen molar-refractivity contribution in [2.75, 3.05) is 29.9 Å². The Labute approximate surface area is 163 Å². The van der Waals surface area contributed by atoms with Gasteiger partial charge in [-0.05, 0) is 49.6 Å². The summed E-state index contributed by atoms with van der Waals surface area (Å²) in [6.07, 6.45) is 7.28. The molecule has 135 valence electrons. The van der Waals surface area contributed by atoms with Gasteiger partial charge in [-0.25, -0.2) is 0 Å². The molecule has 0 bridgehead atoms. The molecule has 2 rings (SSSR count). The molecule has 0 heterocycles. The number of hydrogen-bond acceptors (Lipinski definition) is 2. The van der Waals surface area contributed by atoms with Crippen molar-refractivity contribution < 1.29 is 0 Å². The van der Waals surface area contributed by atoms with Gasteiger partial charge in [-0.1, -0.05) is 48.4 Å². The number of halogens is 1. The van der Waals surface area contributed by atoms with Crippen molar-refractivity contribution in [1.29, 1.82) is 0 Å². The average molecular weight is 366 g/mol. The first-order chi connectivity index (χ1) is 12.4. The maximum absolute atomic E-state index is 6.35. The van der Waals surface area contributed by atoms with E-state index in [4.69, 9.17) is 18.0 Å². The summed E-state index contributed by atoms with van der Waals surface area (Å²) in [6, 6.07) is 13.8. The number of rotatable bonds is 7. The molecule has 0 spiro atoms. The Balaban J connectivity index is 2.55. The Bertz CT molecular complexity index is 796. The summed E-state index contributed by atoms with van der Waals surface area (Å²) in [4.78, 5) is 4.20. The van der Waals surface area contributed by atoms with Crippen LogP contribution in [0.5, 0.6) is 0 Å². The molecule has 0 aromatic heterocycles. The van der Waals surface area contributed by atoms with E-state index in [1.165, 1.54) is 11.1 Å². The summed E-state index contributed by atoms with van der Waals surface area (Å²) < 4.78 is 0. The molecule has 0 N–H and O–H groups in total. The fourth-order valence-corrected chi connectivity index (χ4v) is 3.43. The lowest BCUT2D eigenvalue weighted by Gasteiger charge is -2.28. The van der Waals surface area contributed by atoms with Gasteiger partial charge in [-0.2, -0.15) is 0 Å². The van der Waals surface area contributed by atoms with Crippen LogP contribution in [-0.4, -0.2) is 25.6 Å². The van der Waals surface area contributed by atoms with Crippen molar-refractivity contribution >= 4 is 23.0 Å². The van der Waals surface area contributed by atoms with Gasteiger partial charge in [0.05, 0.1) is 12.2 Å². The summed E-state index contributed by atoms with van der Waals surface area (Å²) in [5.74, 6) is 2.74. The largest absolute Gasteiger partial charge is 0.360 e. The van der Waals surface area contributed by atoms with E-state index in [1.54, 1.807) is 6.08 Å². The van der Waals surface area contributed by atoms with Crippen LogP contribution < -0.4 is 9.80 Å². The van der Waals surface area contributed by atoms with Crippen molar-refractivity contribution in [3.63, 3.8) is 0 Å². The molecule has 0 amide bonds. The fourth-order valence-electron chi connectivity index (χ4n) is 3.33. The normalized spacial score (nSPS) is 11.5. The summed E-state index contributed by atoms with van der Waals surface area (Å²) >= 11 is 6.35. The minimum Gasteiger partial charge on any atom is -0.360 e. The molecule has 26 heavy (non-hydrogen) atoms. The molecule has 1 radical (unpaired) electrons. The van der Waals surface area contributed by atoms with Gasteiger partial charge in [0.25, 0.3) is 0 Å². The van der Waals surface area contributed by atoms with Crippen molar-refractivity contribution in [2.45, 2.75) is 26.3 Å². The number of benzene rings is 2. The highest BCUT2D eigenvalue weighted by Crippen LogP contribution is 2.36. The molecule has 1 atom stereocenters. The summed E-state index contributed by atoms with van der Waals surface area (Å²) in [5, 5.41) is 0. The van der Waals surface area contributed by atoms with Crippen molar-refractivity contribution in [3.8, 4) is 23.5 Å². The Morgan fingerprint density at radius 3 is 2.54 bits per heavy atom. The van der Waals surface area contributed by atoms with E-state index in [0.717, 1.165) is 29.0 Å². The Morgan fingerprint density at radius 1 is 1.35 bits per heavy atom. The molecular weight excluding hydrogens is 340 g/mol. The highest BCUT2D eigenvalue weighted by atomic mass is 35.5. The molecule has 2 nitrogen and oxygen atoms in total. The maximum atomic E-state index is 6.35. The van der Waals surface area contributed by atoms with Gasteiger partial charge in [-0.3, -0.25) is 0 Å². The van der Waals surface area contributed by atoms with Crippen molar-refractivity contribution in [2.24, 2.45) is 0 Å². The third kappa shape index (κ3) is 4.06. The van der Waals surface area contributed by atoms with E-state index in [-0.39, 0.29) is 5.50 Å². The molecule has 0 aliphatic rings. The lowest BCUT2D eigenvalue weighted by Crippen LogP contribution is -2.26. The van der Waals surface area contributed by atoms with Crippen LogP contribution in [0.4, 0.5) is 11.4 Å². The maximum Gasteiger partial charge on any atom is 0.122 e. The first-order valence-electron chi connectivity index (χ1n) is 8.74. The van der Waals surface area contributed by atoms with Crippen molar-refractivity contribution in [3.05, 3.63) is 60.2 Å². The lowest BCUT2D eigenvalue weighted by atomic mass is 9.96. The second kappa shape index (κ2) is 8.83. The van der Waals surface area contributed by atoms with E-state index in [1.807, 2.05) is 24.1 Å². The van der Waals surface area contributed by atoms with Gasteiger partial charge in [-0.15, -0.1) is 6.42 Å². The number of likely N-dealkylation sites (N-methyl/N-ethyl adjacent to an activating group) is 1. The monoisotopic (exact) mass is 365 g/mol. The molecule has 0 saturated carbocycles. The van der Waals surface area contributed by atoms with Crippen LogP contribution in [-0.2, 0) is 0 Å². The standard InChI is InChI=1S/C23H26ClN2/c1-7-14-26(9-3)21-13-11-10-12-20(21)19-15-17(4)23(18(5)16-19)25(6)22(24)8-2/h1,8,10-12,15-16,22H,2,9,14H2,3-6H3. The number of terminal acetylenes is 1. The Hall–Kier alpha value is -2.37. The van der Waals surface area contributed by atoms with E-state index in [0.29, 0.717) is 6.54 Å². The Morgan fingerprint density at radius 2 is 2.00 bits per heavy atom. The van der Waals surface area contributed by atoms with E-state index >= 15 is 0 Å². The highest BCUT2D eigenvalue weighted by Gasteiger charge is 2.17. The summed E-state index contributed by atoms with van der Waals surface area (Å²) in [7, 11) is 1.99. The molecular formula is C23H26ClN2. The molecule has 0 aliphatic carbocycles. The number of alkyl halides is 1. The van der Waals surface area contributed by atoms with Crippen LogP contribution in [0.1, 0.15) is 18.1 Å². The molecule has 0 fully saturated rings. The van der Waals surface area contributed by atoms with Gasteiger partial charge < -0.3 is 9.80 Å². The van der Waals surface area contributed by atoms with E-state index in [2.05, 4.69) is 62.4 Å². The number of hydrogen-bond donors (Lipinski definition) is 0. The molecule has 1 unspecified atom stereocenters. The van der Waals surface area contributed by atoms with E-state index < -0.39 is 0 Å². The summed E-state index contributed by atoms with van der Waals surface area (Å²) in [5.41, 5.74) is 6.56. The minimum absolute atomic E-state index is 0.245. The number of aryl methyl sites for hydroxylation is 2. The Kier molecular flexibility index (Phi) is 6.77. The number of para-hydroxylation sites is 1. The second-order valence-corrected chi connectivity index (χ2v) is 6.78. The SMILES string of the molecule is C#CCN(CC)c1[c]cccc1-c1cc(C)c(N(C)C(Cl)C=C)c(C)c1. The fraction of sp³-hybridized carbons (Fsp3) is 0.304. The number of nitrogens with zero attached hydrogens (tertiary/aromatic N) is 2. The third-order valence-corrected chi connectivity index (χ3v) is 5.00. The second-order valence-electron chi connectivity index (χ2n) is 6.33. The first-order valence-corrected chi connectivity index (χ1v) is 9.18. The van der Waals surface area contributed by atoms with Gasteiger partial charge in [0, 0.05) is 30.9 Å². The molecule has 0 saturated heterocycles. The van der Waals surface area contributed by atoms with Crippen LogP contribution in [0.25, 0.3) is 11.1 Å². The highest BCUT2D eigenvalue weighted by molar-refractivity contribution is 6.23. The quantitative estimate of drug-likeness (QED) is 0.280. The minimum atomic E-state index is -0.245. The molecule has 2 aromatic carbocycles. The first kappa shape index (κ1) is 19.9.